The summed E-state index contributed by atoms with van der Waals surface area (Å²) >= 11 is 0. The van der Waals surface area contributed by atoms with Crippen LogP contribution in [-0.4, -0.2) is 29.7 Å². The van der Waals surface area contributed by atoms with Crippen LogP contribution in [0.1, 0.15) is 57.2 Å². The van der Waals surface area contributed by atoms with Gasteiger partial charge in [0.2, 0.25) is 0 Å². The second-order valence-corrected chi connectivity index (χ2v) is 10.1. The Hall–Kier alpha value is -2.97. The van der Waals surface area contributed by atoms with E-state index >= 15 is 0 Å². The molecule has 2 heterocycles. The third-order valence-corrected chi connectivity index (χ3v) is 7.90. The van der Waals surface area contributed by atoms with Crippen LogP contribution in [0.5, 0.6) is 0 Å². The van der Waals surface area contributed by atoms with Gasteiger partial charge in [-0.3, -0.25) is 9.98 Å². The van der Waals surface area contributed by atoms with Crippen molar-refractivity contribution in [2.24, 2.45) is 33.0 Å². The number of rotatable bonds is 2. The normalized spacial score (nSPS) is 32.3. The Balaban J connectivity index is 1.66. The molecule has 1 aromatic heterocycles. The smallest absolute Gasteiger partial charge is 0.184 e. The van der Waals surface area contributed by atoms with Crippen LogP contribution in [0.25, 0.3) is 11.1 Å². The highest BCUT2D eigenvalue weighted by Gasteiger charge is 2.62. The molecule has 2 aromatic rings. The molecule has 2 spiro atoms. The number of hydrogen-bond acceptors (Lipinski definition) is 5. The second-order valence-electron chi connectivity index (χ2n) is 10.1. The largest absolute Gasteiger partial charge is 0.382 e. The predicted molar refractivity (Wildman–Crippen MR) is 133 cm³/mol. The lowest BCUT2D eigenvalue weighted by Crippen LogP contribution is -2.49. The van der Waals surface area contributed by atoms with E-state index in [0.717, 1.165) is 41.7 Å². The minimum Gasteiger partial charge on any atom is -0.382 e. The molecule has 1 aromatic carbocycles. The number of methoxy groups -OCH3 is 1. The topological polar surface area (TPSA) is 72.9 Å². The Labute approximate surface area is 196 Å². The van der Waals surface area contributed by atoms with E-state index in [2.05, 4.69) is 54.9 Å². The number of aromatic nitrogens is 1. The van der Waals surface area contributed by atoms with Crippen molar-refractivity contribution in [1.82, 2.24) is 4.98 Å². The fourth-order valence-corrected chi connectivity index (χ4v) is 6.76. The molecular weight excluding hydrogens is 408 g/mol. The summed E-state index contributed by atoms with van der Waals surface area (Å²) in [5.41, 5.74) is 12.0. The maximum Gasteiger partial charge on any atom is 0.184 e. The van der Waals surface area contributed by atoms with E-state index < -0.39 is 5.66 Å². The quantitative estimate of drug-likeness (QED) is 0.686. The molecule has 5 heteroatoms. The molecule has 170 valence electrons. The molecule has 3 aliphatic rings. The fourth-order valence-electron chi connectivity index (χ4n) is 6.76. The van der Waals surface area contributed by atoms with E-state index in [1.165, 1.54) is 11.1 Å². The lowest BCUT2D eigenvalue weighted by atomic mass is 9.59. The standard InChI is InChI=1S/C28H32N4O/c1-6-7-20-10-23(16-30-15-20)21-8-9-22-14-27(12-17(2)25(33-5)18(3)13-27)28(24(22)11-21)31-19(4)26(29)32-28/h8-11,15-18,25H,12-14H2,1-5H3,(H2,29,32). The molecule has 2 aliphatic carbocycles. The molecule has 3 atom stereocenters. The summed E-state index contributed by atoms with van der Waals surface area (Å²) < 4.78 is 5.88. The number of nitrogens with zero attached hydrogens (tertiary/aromatic N) is 3. The zero-order valence-electron chi connectivity index (χ0n) is 20.1. The summed E-state index contributed by atoms with van der Waals surface area (Å²) in [7, 11) is 1.83. The molecule has 5 rings (SSSR count). The minimum atomic E-state index is -0.665. The molecule has 0 radical (unpaired) electrons. The number of pyridine rings is 1. The van der Waals surface area contributed by atoms with Crippen molar-refractivity contribution < 1.29 is 4.74 Å². The van der Waals surface area contributed by atoms with Crippen molar-refractivity contribution in [1.29, 1.82) is 0 Å². The van der Waals surface area contributed by atoms with Crippen molar-refractivity contribution in [2.45, 2.75) is 58.7 Å². The number of ether oxygens (including phenoxy) is 1. The van der Waals surface area contributed by atoms with Crippen molar-refractivity contribution in [3.8, 4) is 23.0 Å². The molecule has 1 saturated carbocycles. The Morgan fingerprint density at radius 2 is 1.82 bits per heavy atom. The summed E-state index contributed by atoms with van der Waals surface area (Å²) in [6, 6.07) is 8.81. The lowest BCUT2D eigenvalue weighted by molar-refractivity contribution is -0.0729. The maximum absolute atomic E-state index is 6.37. The van der Waals surface area contributed by atoms with Crippen LogP contribution in [0.3, 0.4) is 0 Å². The van der Waals surface area contributed by atoms with Crippen molar-refractivity contribution in [3.63, 3.8) is 0 Å². The molecule has 33 heavy (non-hydrogen) atoms. The highest BCUT2D eigenvalue weighted by atomic mass is 16.5. The number of amidine groups is 1. The molecule has 3 unspecified atom stereocenters. The molecule has 2 N–H and O–H groups in total. The van der Waals surface area contributed by atoms with Gasteiger partial charge in [-0.1, -0.05) is 31.9 Å². The van der Waals surface area contributed by atoms with Gasteiger partial charge in [0.05, 0.1) is 11.8 Å². The number of fused-ring (bicyclic) bond motifs is 3. The maximum atomic E-state index is 6.37. The van der Waals surface area contributed by atoms with Crippen molar-refractivity contribution in [3.05, 3.63) is 53.3 Å². The first-order valence-electron chi connectivity index (χ1n) is 11.8. The number of nitrogens with two attached hydrogens (primary N) is 1. The molecule has 1 aliphatic heterocycles. The number of benzene rings is 1. The van der Waals surface area contributed by atoms with E-state index in [9.17, 15) is 0 Å². The minimum absolute atomic E-state index is 0.0992. The van der Waals surface area contributed by atoms with Crippen LogP contribution >= 0.6 is 0 Å². The van der Waals surface area contributed by atoms with Crippen LogP contribution in [0.15, 0.2) is 46.6 Å². The summed E-state index contributed by atoms with van der Waals surface area (Å²) in [4.78, 5) is 14.8. The van der Waals surface area contributed by atoms with Crippen LogP contribution in [-0.2, 0) is 16.8 Å². The van der Waals surface area contributed by atoms with Gasteiger partial charge in [-0.2, -0.15) is 0 Å². The van der Waals surface area contributed by atoms with Gasteiger partial charge in [-0.05, 0) is 68.2 Å². The Kier molecular flexibility index (Phi) is 5.17. The van der Waals surface area contributed by atoms with Crippen LogP contribution in [0, 0.1) is 29.1 Å². The third-order valence-electron chi connectivity index (χ3n) is 7.90. The third kappa shape index (κ3) is 3.23. The van der Waals surface area contributed by atoms with E-state index in [4.69, 9.17) is 20.5 Å². The zero-order chi connectivity index (χ0) is 23.4. The predicted octanol–water partition coefficient (Wildman–Crippen LogP) is 4.73. The summed E-state index contributed by atoms with van der Waals surface area (Å²) in [5.74, 6) is 7.47. The number of hydrogen-bond donors (Lipinski definition) is 1. The second kappa shape index (κ2) is 7.81. The number of aliphatic imine (C=N–C) groups is 2. The van der Waals surface area contributed by atoms with Gasteiger partial charge in [-0.25, -0.2) is 4.99 Å². The molecular formula is C28H32N4O. The van der Waals surface area contributed by atoms with Gasteiger partial charge in [0.1, 0.15) is 5.84 Å². The van der Waals surface area contributed by atoms with E-state index in [1.54, 1.807) is 6.20 Å². The highest BCUT2D eigenvalue weighted by molar-refractivity contribution is 6.41. The first-order valence-corrected chi connectivity index (χ1v) is 11.8. The molecule has 0 saturated heterocycles. The highest BCUT2D eigenvalue weighted by Crippen LogP contribution is 2.63. The van der Waals surface area contributed by atoms with Crippen LogP contribution in [0.2, 0.25) is 0 Å². The van der Waals surface area contributed by atoms with E-state index in [0.29, 0.717) is 17.7 Å². The lowest BCUT2D eigenvalue weighted by Gasteiger charge is -2.49. The molecule has 5 nitrogen and oxygen atoms in total. The summed E-state index contributed by atoms with van der Waals surface area (Å²) in [6.45, 7) is 8.43. The van der Waals surface area contributed by atoms with Gasteiger partial charge in [0.25, 0.3) is 0 Å². The van der Waals surface area contributed by atoms with Gasteiger partial charge in [-0.15, -0.1) is 5.92 Å². The SMILES string of the molecule is CC#Cc1cncc(-c2ccc3c(c2)C2(N=C(C)C(N)=N2)C2(C3)CC(C)C(OC)C(C)C2)c1. The Morgan fingerprint density at radius 3 is 2.45 bits per heavy atom. The first-order chi connectivity index (χ1) is 15.8. The molecule has 0 amide bonds. The van der Waals surface area contributed by atoms with Crippen LogP contribution < -0.4 is 5.73 Å². The van der Waals surface area contributed by atoms with Crippen molar-refractivity contribution in [2.75, 3.05) is 7.11 Å². The van der Waals surface area contributed by atoms with Gasteiger partial charge < -0.3 is 10.5 Å². The van der Waals surface area contributed by atoms with Gasteiger partial charge in [0.15, 0.2) is 5.66 Å². The average molecular weight is 441 g/mol. The zero-order valence-corrected chi connectivity index (χ0v) is 20.1. The molecule has 1 fully saturated rings. The monoisotopic (exact) mass is 440 g/mol. The average Bonchev–Trinajstić information content (AvgIpc) is 3.21. The first kappa shape index (κ1) is 21.9. The van der Waals surface area contributed by atoms with Crippen molar-refractivity contribution >= 4 is 11.5 Å². The van der Waals surface area contributed by atoms with Crippen LogP contribution in [0.4, 0.5) is 0 Å². The Morgan fingerprint density at radius 1 is 1.06 bits per heavy atom. The van der Waals surface area contributed by atoms with Gasteiger partial charge in [0, 0.05) is 41.6 Å². The Bertz CT molecular complexity index is 1200. The van der Waals surface area contributed by atoms with E-state index in [1.807, 2.05) is 27.2 Å². The molecule has 0 bridgehead atoms. The summed E-state index contributed by atoms with van der Waals surface area (Å²) in [5, 5.41) is 0. The summed E-state index contributed by atoms with van der Waals surface area (Å²) in [6.07, 6.45) is 6.94. The van der Waals surface area contributed by atoms with E-state index in [-0.39, 0.29) is 11.5 Å². The fraction of sp³-hybridized carbons (Fsp3) is 0.464. The van der Waals surface area contributed by atoms with Gasteiger partial charge >= 0.3 is 0 Å².